The van der Waals surface area contributed by atoms with Crippen molar-refractivity contribution in [3.63, 3.8) is 0 Å². The van der Waals surface area contributed by atoms with Gasteiger partial charge in [0.25, 0.3) is 0 Å². The quantitative estimate of drug-likeness (QED) is 0.353. The highest BCUT2D eigenvalue weighted by atomic mass is 35.5. The Bertz CT molecular complexity index is 451. The standard InChI is InChI=1S/C9H9ClN2O5/c1-5(9(13)16-2)17-6-3-4-7(10)11-8(6)12(14)15/h3-5H,1-2H3. The number of pyridine rings is 1. The molecule has 0 saturated carbocycles. The maximum atomic E-state index is 11.1. The van der Waals surface area contributed by atoms with E-state index in [0.717, 1.165) is 0 Å². The number of hydrogen-bond donors (Lipinski definition) is 0. The third-order valence-electron chi connectivity index (χ3n) is 1.82. The summed E-state index contributed by atoms with van der Waals surface area (Å²) in [5.74, 6) is -1.33. The van der Waals surface area contributed by atoms with Crippen molar-refractivity contribution >= 4 is 23.4 Å². The molecule has 0 radical (unpaired) electrons. The fourth-order valence-electron chi connectivity index (χ4n) is 1.04. The second kappa shape index (κ2) is 5.44. The number of rotatable bonds is 4. The van der Waals surface area contributed by atoms with Gasteiger partial charge in [0.2, 0.25) is 10.9 Å². The zero-order valence-electron chi connectivity index (χ0n) is 9.05. The average Bonchev–Trinajstić information content (AvgIpc) is 2.29. The number of carbonyl (C=O) groups excluding carboxylic acids is 1. The van der Waals surface area contributed by atoms with Gasteiger partial charge in [0, 0.05) is 6.07 Å². The van der Waals surface area contributed by atoms with E-state index in [1.165, 1.54) is 26.2 Å². The van der Waals surface area contributed by atoms with Crippen molar-refractivity contribution in [3.05, 3.63) is 27.4 Å². The average molecular weight is 261 g/mol. The van der Waals surface area contributed by atoms with Gasteiger partial charge in [-0.05, 0) is 34.5 Å². The SMILES string of the molecule is COC(=O)C(C)Oc1ccc(Cl)nc1[N+](=O)[O-]. The summed E-state index contributed by atoms with van der Waals surface area (Å²) in [4.78, 5) is 24.5. The Hall–Kier alpha value is -1.89. The summed E-state index contributed by atoms with van der Waals surface area (Å²) < 4.78 is 9.51. The Balaban J connectivity index is 2.98. The lowest BCUT2D eigenvalue weighted by Gasteiger charge is -2.11. The predicted molar refractivity (Wildman–Crippen MR) is 58.0 cm³/mol. The summed E-state index contributed by atoms with van der Waals surface area (Å²) in [6.45, 7) is 1.41. The van der Waals surface area contributed by atoms with Gasteiger partial charge in [0.15, 0.2) is 6.10 Å². The van der Waals surface area contributed by atoms with Crippen LogP contribution in [0.5, 0.6) is 5.75 Å². The summed E-state index contributed by atoms with van der Waals surface area (Å²) >= 11 is 5.52. The van der Waals surface area contributed by atoms with E-state index in [-0.39, 0.29) is 10.9 Å². The molecular weight excluding hydrogens is 252 g/mol. The van der Waals surface area contributed by atoms with E-state index in [4.69, 9.17) is 16.3 Å². The Morgan fingerprint density at radius 3 is 2.76 bits per heavy atom. The Labute approximate surface area is 101 Å². The smallest absolute Gasteiger partial charge is 0.407 e. The molecule has 1 unspecified atom stereocenters. The van der Waals surface area contributed by atoms with Crippen molar-refractivity contribution in [3.8, 4) is 5.75 Å². The number of carbonyl (C=O) groups is 1. The number of nitrogens with zero attached hydrogens (tertiary/aromatic N) is 2. The van der Waals surface area contributed by atoms with Crippen LogP contribution < -0.4 is 4.74 Å². The van der Waals surface area contributed by atoms with Crippen LogP contribution in [0.1, 0.15) is 6.92 Å². The molecule has 0 amide bonds. The lowest BCUT2D eigenvalue weighted by atomic mass is 10.4. The number of methoxy groups -OCH3 is 1. The van der Waals surface area contributed by atoms with Crippen LogP contribution in [0.25, 0.3) is 0 Å². The first-order chi connectivity index (χ1) is 7.95. The molecule has 17 heavy (non-hydrogen) atoms. The predicted octanol–water partition coefficient (Wildman–Crippen LogP) is 1.58. The minimum absolute atomic E-state index is 0.0326. The first-order valence-corrected chi connectivity index (χ1v) is 4.89. The van der Waals surface area contributed by atoms with E-state index >= 15 is 0 Å². The van der Waals surface area contributed by atoms with E-state index in [0.29, 0.717) is 0 Å². The molecule has 0 aliphatic rings. The van der Waals surface area contributed by atoms with Crippen LogP contribution >= 0.6 is 11.6 Å². The second-order valence-electron chi connectivity index (χ2n) is 3.00. The summed E-state index contributed by atoms with van der Waals surface area (Å²) in [6, 6.07) is 2.60. The zero-order chi connectivity index (χ0) is 13.0. The second-order valence-corrected chi connectivity index (χ2v) is 3.38. The number of esters is 1. The van der Waals surface area contributed by atoms with Crippen LogP contribution in [0, 0.1) is 10.1 Å². The van der Waals surface area contributed by atoms with Crippen molar-refractivity contribution < 1.29 is 19.2 Å². The zero-order valence-corrected chi connectivity index (χ0v) is 9.80. The molecule has 0 aliphatic heterocycles. The van der Waals surface area contributed by atoms with Gasteiger partial charge in [-0.15, -0.1) is 0 Å². The van der Waals surface area contributed by atoms with Crippen molar-refractivity contribution in [1.82, 2.24) is 4.98 Å². The van der Waals surface area contributed by atoms with Gasteiger partial charge in [-0.2, -0.15) is 0 Å². The van der Waals surface area contributed by atoms with Crippen LogP contribution in [0.3, 0.4) is 0 Å². The highest BCUT2D eigenvalue weighted by Gasteiger charge is 2.23. The third kappa shape index (κ3) is 3.28. The number of aromatic nitrogens is 1. The van der Waals surface area contributed by atoms with Gasteiger partial charge in [-0.1, -0.05) is 0 Å². The summed E-state index contributed by atoms with van der Waals surface area (Å²) in [6.07, 6.45) is -0.971. The molecule has 0 fully saturated rings. The molecular formula is C9H9ClN2O5. The fourth-order valence-corrected chi connectivity index (χ4v) is 1.18. The molecule has 1 rings (SSSR count). The summed E-state index contributed by atoms with van der Waals surface area (Å²) in [5.41, 5.74) is 0. The lowest BCUT2D eigenvalue weighted by Crippen LogP contribution is -2.25. The van der Waals surface area contributed by atoms with Gasteiger partial charge in [-0.25, -0.2) is 4.79 Å². The first kappa shape index (κ1) is 13.2. The largest absolute Gasteiger partial charge is 0.471 e. The molecule has 1 atom stereocenters. The van der Waals surface area contributed by atoms with Crippen molar-refractivity contribution in [2.75, 3.05) is 7.11 Å². The van der Waals surface area contributed by atoms with Crippen LogP contribution in [-0.2, 0) is 9.53 Å². The van der Waals surface area contributed by atoms with Crippen molar-refractivity contribution in [2.24, 2.45) is 0 Å². The minimum atomic E-state index is -0.971. The summed E-state index contributed by atoms with van der Waals surface area (Å²) in [7, 11) is 1.19. The van der Waals surface area contributed by atoms with Crippen molar-refractivity contribution in [2.45, 2.75) is 13.0 Å². The highest BCUT2D eigenvalue weighted by Crippen LogP contribution is 2.27. The molecule has 0 N–H and O–H groups in total. The highest BCUT2D eigenvalue weighted by molar-refractivity contribution is 6.29. The lowest BCUT2D eigenvalue weighted by molar-refractivity contribution is -0.390. The van der Waals surface area contributed by atoms with E-state index in [9.17, 15) is 14.9 Å². The Morgan fingerprint density at radius 2 is 2.24 bits per heavy atom. The Kier molecular flexibility index (Phi) is 4.22. The van der Waals surface area contributed by atoms with Crippen LogP contribution in [0.2, 0.25) is 5.15 Å². The number of halogens is 1. The fraction of sp³-hybridized carbons (Fsp3) is 0.333. The van der Waals surface area contributed by atoms with E-state index < -0.39 is 22.8 Å². The van der Waals surface area contributed by atoms with Gasteiger partial charge >= 0.3 is 11.8 Å². The van der Waals surface area contributed by atoms with E-state index in [1.54, 1.807) is 0 Å². The van der Waals surface area contributed by atoms with E-state index in [2.05, 4.69) is 9.72 Å². The van der Waals surface area contributed by atoms with E-state index in [1.807, 2.05) is 0 Å². The molecule has 92 valence electrons. The number of nitro groups is 1. The van der Waals surface area contributed by atoms with Gasteiger partial charge in [-0.3, -0.25) is 0 Å². The maximum absolute atomic E-state index is 11.1. The van der Waals surface area contributed by atoms with Gasteiger partial charge in [0.05, 0.1) is 7.11 Å². The molecule has 1 heterocycles. The van der Waals surface area contributed by atoms with Crippen LogP contribution in [0.15, 0.2) is 12.1 Å². The monoisotopic (exact) mass is 260 g/mol. The molecule has 1 aromatic heterocycles. The number of ether oxygens (including phenoxy) is 2. The molecule has 7 nitrogen and oxygen atoms in total. The molecule has 0 aromatic carbocycles. The molecule has 0 spiro atoms. The Morgan fingerprint density at radius 1 is 1.59 bits per heavy atom. The maximum Gasteiger partial charge on any atom is 0.407 e. The summed E-state index contributed by atoms with van der Waals surface area (Å²) in [5, 5.41) is 10.7. The third-order valence-corrected chi connectivity index (χ3v) is 2.03. The normalized spacial score (nSPS) is 11.7. The molecule has 0 bridgehead atoms. The van der Waals surface area contributed by atoms with Crippen LogP contribution in [-0.4, -0.2) is 29.1 Å². The van der Waals surface area contributed by atoms with Gasteiger partial charge < -0.3 is 19.6 Å². The molecule has 0 saturated heterocycles. The minimum Gasteiger partial charge on any atom is -0.471 e. The topological polar surface area (TPSA) is 91.6 Å². The molecule has 1 aromatic rings. The number of hydrogen-bond acceptors (Lipinski definition) is 6. The van der Waals surface area contributed by atoms with Gasteiger partial charge in [0.1, 0.15) is 0 Å². The molecule has 8 heteroatoms. The first-order valence-electron chi connectivity index (χ1n) is 4.51. The van der Waals surface area contributed by atoms with Crippen LogP contribution in [0.4, 0.5) is 5.82 Å². The molecule has 0 aliphatic carbocycles. The van der Waals surface area contributed by atoms with Crippen molar-refractivity contribution in [1.29, 1.82) is 0 Å².